The summed E-state index contributed by atoms with van der Waals surface area (Å²) in [4.78, 5) is 13.0. The standard InChI is InChI=1S/C16H17NOS/c1-10-4-6-13(8-12(10)3)17-16(18)15-9-14(19)7-5-11(15)2/h4-9,19H,1-3H3,(H,17,18). The number of rotatable bonds is 2. The molecule has 2 nitrogen and oxygen atoms in total. The maximum atomic E-state index is 12.2. The number of anilines is 1. The summed E-state index contributed by atoms with van der Waals surface area (Å²) in [6.45, 7) is 6.00. The summed E-state index contributed by atoms with van der Waals surface area (Å²) in [6, 6.07) is 11.5. The number of benzene rings is 2. The van der Waals surface area contributed by atoms with Gasteiger partial charge in [0.15, 0.2) is 0 Å². The van der Waals surface area contributed by atoms with E-state index in [9.17, 15) is 4.79 Å². The van der Waals surface area contributed by atoms with Crippen LogP contribution in [0.4, 0.5) is 5.69 Å². The van der Waals surface area contributed by atoms with Crippen LogP contribution in [0.1, 0.15) is 27.0 Å². The first-order chi connectivity index (χ1) is 8.97. The minimum absolute atomic E-state index is 0.100. The zero-order valence-corrected chi connectivity index (χ0v) is 12.2. The average Bonchev–Trinajstić information content (AvgIpc) is 2.36. The van der Waals surface area contributed by atoms with Crippen LogP contribution >= 0.6 is 12.6 Å². The SMILES string of the molecule is Cc1ccc(NC(=O)c2cc(S)ccc2C)cc1C. The van der Waals surface area contributed by atoms with E-state index in [1.165, 1.54) is 5.56 Å². The Morgan fingerprint density at radius 3 is 2.32 bits per heavy atom. The minimum atomic E-state index is -0.100. The van der Waals surface area contributed by atoms with Gasteiger partial charge < -0.3 is 5.32 Å². The van der Waals surface area contributed by atoms with Crippen LogP contribution in [0.2, 0.25) is 0 Å². The zero-order chi connectivity index (χ0) is 14.0. The highest BCUT2D eigenvalue weighted by Crippen LogP contribution is 2.18. The molecule has 2 aromatic carbocycles. The molecule has 0 fully saturated rings. The second-order valence-corrected chi connectivity index (χ2v) is 5.27. The Hall–Kier alpha value is -1.74. The predicted molar refractivity (Wildman–Crippen MR) is 82.3 cm³/mol. The van der Waals surface area contributed by atoms with Crippen molar-refractivity contribution >= 4 is 24.2 Å². The number of hydrogen-bond donors (Lipinski definition) is 2. The van der Waals surface area contributed by atoms with Crippen molar-refractivity contribution in [1.82, 2.24) is 0 Å². The molecule has 0 saturated heterocycles. The molecule has 1 N–H and O–H groups in total. The van der Waals surface area contributed by atoms with Crippen molar-refractivity contribution in [1.29, 1.82) is 0 Å². The van der Waals surface area contributed by atoms with Crippen LogP contribution in [0.25, 0.3) is 0 Å². The highest BCUT2D eigenvalue weighted by molar-refractivity contribution is 7.80. The van der Waals surface area contributed by atoms with E-state index < -0.39 is 0 Å². The summed E-state index contributed by atoms with van der Waals surface area (Å²) in [5.74, 6) is -0.100. The van der Waals surface area contributed by atoms with Gasteiger partial charge in [-0.2, -0.15) is 0 Å². The van der Waals surface area contributed by atoms with Gasteiger partial charge in [-0.1, -0.05) is 12.1 Å². The largest absolute Gasteiger partial charge is 0.322 e. The Morgan fingerprint density at radius 1 is 0.947 bits per heavy atom. The molecule has 0 aliphatic carbocycles. The number of thiol groups is 1. The van der Waals surface area contributed by atoms with Crippen molar-refractivity contribution in [3.8, 4) is 0 Å². The summed E-state index contributed by atoms with van der Waals surface area (Å²) < 4.78 is 0. The third-order valence-electron chi connectivity index (χ3n) is 3.23. The van der Waals surface area contributed by atoms with E-state index in [1.54, 1.807) is 6.07 Å². The molecule has 0 heterocycles. The smallest absolute Gasteiger partial charge is 0.255 e. The molecule has 2 rings (SSSR count). The van der Waals surface area contributed by atoms with Gasteiger partial charge in [-0.15, -0.1) is 12.6 Å². The van der Waals surface area contributed by atoms with Crippen molar-refractivity contribution in [2.45, 2.75) is 25.7 Å². The van der Waals surface area contributed by atoms with Gasteiger partial charge in [-0.25, -0.2) is 0 Å². The lowest BCUT2D eigenvalue weighted by molar-refractivity contribution is 0.102. The van der Waals surface area contributed by atoms with Gasteiger partial charge in [-0.3, -0.25) is 4.79 Å². The van der Waals surface area contributed by atoms with Crippen molar-refractivity contribution in [3.05, 3.63) is 58.7 Å². The van der Waals surface area contributed by atoms with Crippen molar-refractivity contribution < 1.29 is 4.79 Å². The molecule has 0 unspecified atom stereocenters. The second-order valence-electron chi connectivity index (χ2n) is 4.75. The first-order valence-corrected chi connectivity index (χ1v) is 6.60. The normalized spacial score (nSPS) is 10.3. The molecular weight excluding hydrogens is 254 g/mol. The summed E-state index contributed by atoms with van der Waals surface area (Å²) in [6.07, 6.45) is 0. The third-order valence-corrected chi connectivity index (χ3v) is 3.51. The first kappa shape index (κ1) is 13.7. The number of amides is 1. The fraction of sp³-hybridized carbons (Fsp3) is 0.188. The van der Waals surface area contributed by atoms with Crippen LogP contribution in [-0.4, -0.2) is 5.91 Å². The van der Waals surface area contributed by atoms with Gasteiger partial charge in [0.25, 0.3) is 5.91 Å². The van der Waals surface area contributed by atoms with Crippen LogP contribution in [0.15, 0.2) is 41.3 Å². The molecule has 2 aromatic rings. The van der Waals surface area contributed by atoms with Crippen LogP contribution in [0.5, 0.6) is 0 Å². The van der Waals surface area contributed by atoms with Gasteiger partial charge in [0, 0.05) is 16.1 Å². The molecule has 0 aliphatic rings. The first-order valence-electron chi connectivity index (χ1n) is 6.15. The molecule has 0 saturated carbocycles. The van der Waals surface area contributed by atoms with Crippen molar-refractivity contribution in [2.75, 3.05) is 5.32 Å². The number of carbonyl (C=O) groups excluding carboxylic acids is 1. The molecule has 0 aliphatic heterocycles. The number of aryl methyl sites for hydroxylation is 3. The van der Waals surface area contributed by atoms with Crippen LogP contribution in [-0.2, 0) is 0 Å². The topological polar surface area (TPSA) is 29.1 Å². The lowest BCUT2D eigenvalue weighted by atomic mass is 10.1. The molecule has 98 valence electrons. The minimum Gasteiger partial charge on any atom is -0.322 e. The van der Waals surface area contributed by atoms with Gasteiger partial charge >= 0.3 is 0 Å². The summed E-state index contributed by atoms with van der Waals surface area (Å²) in [5, 5.41) is 2.92. The molecule has 0 aromatic heterocycles. The van der Waals surface area contributed by atoms with E-state index >= 15 is 0 Å². The van der Waals surface area contributed by atoms with Crippen molar-refractivity contribution in [2.24, 2.45) is 0 Å². The molecular formula is C16H17NOS. The molecule has 0 atom stereocenters. The number of nitrogens with one attached hydrogen (secondary N) is 1. The Morgan fingerprint density at radius 2 is 1.63 bits per heavy atom. The molecule has 19 heavy (non-hydrogen) atoms. The Balaban J connectivity index is 2.25. The molecule has 0 bridgehead atoms. The van der Waals surface area contributed by atoms with Gasteiger partial charge in [0.1, 0.15) is 0 Å². The van der Waals surface area contributed by atoms with Gasteiger partial charge in [-0.05, 0) is 61.7 Å². The summed E-state index contributed by atoms with van der Waals surface area (Å²) in [5.41, 5.74) is 4.80. The maximum absolute atomic E-state index is 12.2. The summed E-state index contributed by atoms with van der Waals surface area (Å²) >= 11 is 4.27. The molecule has 0 radical (unpaired) electrons. The van der Waals surface area contributed by atoms with E-state index in [0.717, 1.165) is 21.7 Å². The van der Waals surface area contributed by atoms with Gasteiger partial charge in [0.2, 0.25) is 0 Å². The summed E-state index contributed by atoms with van der Waals surface area (Å²) in [7, 11) is 0. The number of carbonyl (C=O) groups is 1. The van der Waals surface area contributed by atoms with Crippen molar-refractivity contribution in [3.63, 3.8) is 0 Å². The Bertz CT molecular complexity index is 635. The lowest BCUT2D eigenvalue weighted by Gasteiger charge is -2.10. The van der Waals surface area contributed by atoms with E-state index in [4.69, 9.17) is 0 Å². The highest BCUT2D eigenvalue weighted by atomic mass is 32.1. The predicted octanol–water partition coefficient (Wildman–Crippen LogP) is 4.15. The molecule has 1 amide bonds. The van der Waals surface area contributed by atoms with E-state index in [2.05, 4.69) is 24.9 Å². The van der Waals surface area contributed by atoms with E-state index in [1.807, 2.05) is 44.2 Å². The zero-order valence-electron chi connectivity index (χ0n) is 11.3. The second kappa shape index (κ2) is 5.49. The fourth-order valence-electron chi connectivity index (χ4n) is 1.87. The third kappa shape index (κ3) is 3.18. The van der Waals surface area contributed by atoms with Crippen LogP contribution in [0.3, 0.4) is 0 Å². The molecule has 0 spiro atoms. The van der Waals surface area contributed by atoms with Crippen LogP contribution < -0.4 is 5.32 Å². The van der Waals surface area contributed by atoms with Crippen LogP contribution in [0, 0.1) is 20.8 Å². The van der Waals surface area contributed by atoms with E-state index in [0.29, 0.717) is 5.56 Å². The highest BCUT2D eigenvalue weighted by Gasteiger charge is 2.10. The fourth-order valence-corrected chi connectivity index (χ4v) is 2.08. The average molecular weight is 271 g/mol. The van der Waals surface area contributed by atoms with Gasteiger partial charge in [0.05, 0.1) is 0 Å². The maximum Gasteiger partial charge on any atom is 0.255 e. The Labute approximate surface area is 119 Å². The monoisotopic (exact) mass is 271 g/mol. The number of hydrogen-bond acceptors (Lipinski definition) is 2. The molecule has 3 heteroatoms. The lowest BCUT2D eigenvalue weighted by Crippen LogP contribution is -2.13. The quantitative estimate of drug-likeness (QED) is 0.789. The Kier molecular flexibility index (Phi) is 3.96. The van der Waals surface area contributed by atoms with E-state index in [-0.39, 0.29) is 5.91 Å².